The fourth-order valence-electron chi connectivity index (χ4n) is 0. The number of carbonyl (C=O) groups is 2. The predicted octanol–water partition coefficient (Wildman–Crippen LogP) is -7.70. The SMILES string of the molecule is C=O.C=O.O=S([O-])S(=O)[O-].[Na+].[Na+]. The second kappa shape index (κ2) is 29.4. The van der Waals surface area contributed by atoms with Crippen LogP contribution in [0.4, 0.5) is 0 Å². The van der Waals surface area contributed by atoms with Crippen molar-refractivity contribution in [2.24, 2.45) is 0 Å². The van der Waals surface area contributed by atoms with Crippen molar-refractivity contribution in [3.8, 4) is 0 Å². The van der Waals surface area contributed by atoms with Gasteiger partial charge in [0.2, 0.25) is 0 Å². The van der Waals surface area contributed by atoms with Crippen LogP contribution in [-0.2, 0) is 29.8 Å². The van der Waals surface area contributed by atoms with E-state index in [4.69, 9.17) is 27.1 Å². The molecular weight excluding hydrogens is 230 g/mol. The quantitative estimate of drug-likeness (QED) is 0.253. The van der Waals surface area contributed by atoms with E-state index in [9.17, 15) is 0 Å². The van der Waals surface area contributed by atoms with Crippen LogP contribution < -0.4 is 59.1 Å². The van der Waals surface area contributed by atoms with E-state index in [0.717, 1.165) is 0 Å². The van der Waals surface area contributed by atoms with Crippen LogP contribution in [0.2, 0.25) is 0 Å². The summed E-state index contributed by atoms with van der Waals surface area (Å²) in [4.78, 5) is 16.0. The maximum Gasteiger partial charge on any atom is 1.00 e. The minimum atomic E-state index is -2.95. The van der Waals surface area contributed by atoms with E-state index >= 15 is 0 Å². The van der Waals surface area contributed by atoms with Crippen molar-refractivity contribution in [3.63, 3.8) is 0 Å². The molecule has 0 aliphatic rings. The van der Waals surface area contributed by atoms with Gasteiger partial charge in [0, 0.05) is 20.2 Å². The minimum absolute atomic E-state index is 0. The Morgan fingerprint density at radius 1 is 0.750 bits per heavy atom. The van der Waals surface area contributed by atoms with Crippen LogP contribution in [0, 0.1) is 0 Å². The first-order valence-corrected chi connectivity index (χ1v) is 4.08. The van der Waals surface area contributed by atoms with Crippen molar-refractivity contribution >= 4 is 33.8 Å². The summed E-state index contributed by atoms with van der Waals surface area (Å²) >= 11 is 0. The van der Waals surface area contributed by atoms with E-state index in [1.807, 2.05) is 13.6 Å². The molecule has 0 saturated carbocycles. The van der Waals surface area contributed by atoms with Crippen LogP contribution in [0.15, 0.2) is 0 Å². The first-order chi connectivity index (χ1) is 4.64. The van der Waals surface area contributed by atoms with Gasteiger partial charge in [0.05, 0.1) is 0 Å². The van der Waals surface area contributed by atoms with Gasteiger partial charge in [-0.25, -0.2) is 0 Å². The van der Waals surface area contributed by atoms with Crippen LogP contribution in [0.3, 0.4) is 0 Å². The Bertz CT molecular complexity index is 106. The van der Waals surface area contributed by atoms with E-state index in [0.29, 0.717) is 0 Å². The molecule has 2 atom stereocenters. The van der Waals surface area contributed by atoms with Gasteiger partial charge < -0.3 is 18.7 Å². The average Bonchev–Trinajstić information content (AvgIpc) is 1.96. The van der Waals surface area contributed by atoms with Crippen LogP contribution >= 0.6 is 0 Å². The van der Waals surface area contributed by atoms with E-state index in [2.05, 4.69) is 0 Å². The molecule has 62 valence electrons. The fraction of sp³-hybridized carbons (Fsp3) is 0. The zero-order chi connectivity index (χ0) is 9.15. The molecule has 0 aliphatic carbocycles. The van der Waals surface area contributed by atoms with Gasteiger partial charge >= 0.3 is 59.1 Å². The Balaban J connectivity index is -0.0000000241. The Morgan fingerprint density at radius 2 is 0.833 bits per heavy atom. The van der Waals surface area contributed by atoms with Gasteiger partial charge in [-0.05, 0) is 0 Å². The van der Waals surface area contributed by atoms with Crippen molar-refractivity contribution < 1.29 is 86.2 Å². The molecule has 0 aromatic carbocycles. The smallest absolute Gasteiger partial charge is 0.763 e. The first kappa shape index (κ1) is 29.2. The van der Waals surface area contributed by atoms with E-state index in [1.165, 1.54) is 0 Å². The van der Waals surface area contributed by atoms with Gasteiger partial charge in [0.1, 0.15) is 13.6 Å². The van der Waals surface area contributed by atoms with Gasteiger partial charge in [0.15, 0.2) is 0 Å². The molecule has 0 heterocycles. The Labute approximate surface area is 118 Å². The summed E-state index contributed by atoms with van der Waals surface area (Å²) in [5, 5.41) is 0. The van der Waals surface area contributed by atoms with E-state index in [1.54, 1.807) is 0 Å². The topological polar surface area (TPSA) is 114 Å². The van der Waals surface area contributed by atoms with Crippen molar-refractivity contribution in [3.05, 3.63) is 0 Å². The summed E-state index contributed by atoms with van der Waals surface area (Å²) in [6, 6.07) is 0. The molecule has 0 radical (unpaired) electrons. The van der Waals surface area contributed by atoms with Crippen LogP contribution in [0.25, 0.3) is 0 Å². The molecule has 0 aromatic rings. The monoisotopic (exact) mass is 234 g/mol. The van der Waals surface area contributed by atoms with E-state index in [-0.39, 0.29) is 59.1 Å². The molecule has 0 saturated heterocycles. The molecule has 10 heteroatoms. The number of hydrogen-bond acceptors (Lipinski definition) is 6. The maximum absolute atomic E-state index is 9.09. The molecule has 0 aliphatic heterocycles. The number of hydrogen-bond donors (Lipinski definition) is 0. The maximum atomic E-state index is 9.09. The minimum Gasteiger partial charge on any atom is -0.763 e. The first-order valence-electron chi connectivity index (χ1n) is 1.41. The second-order valence-electron chi connectivity index (χ2n) is 0.408. The molecule has 0 rings (SSSR count). The van der Waals surface area contributed by atoms with Crippen LogP contribution in [0.5, 0.6) is 0 Å². The molecule has 6 nitrogen and oxygen atoms in total. The summed E-state index contributed by atoms with van der Waals surface area (Å²) in [6.45, 7) is 4.00. The van der Waals surface area contributed by atoms with Crippen molar-refractivity contribution in [1.29, 1.82) is 0 Å². The summed E-state index contributed by atoms with van der Waals surface area (Å²) in [5.41, 5.74) is 0. The van der Waals surface area contributed by atoms with Gasteiger partial charge in [-0.2, -0.15) is 0 Å². The van der Waals surface area contributed by atoms with Crippen molar-refractivity contribution in [2.45, 2.75) is 0 Å². The molecular formula is C2H4Na2O6S2. The molecule has 12 heavy (non-hydrogen) atoms. The molecule has 0 fully saturated rings. The zero-order valence-corrected chi connectivity index (χ0v) is 12.3. The second-order valence-corrected chi connectivity index (χ2v) is 2.86. The normalized spacial score (nSPS) is 10.5. The standard InChI is InChI=1S/2CH2O.2Na.H2O4S2/c2*1-2;;;1-5(2)6(3)4/h2*1H2;;;(H,1,2)(H,3,4)/q;;2*+1;/p-2. The average molecular weight is 234 g/mol. The van der Waals surface area contributed by atoms with E-state index < -0.39 is 20.2 Å². The van der Waals surface area contributed by atoms with Gasteiger partial charge in [-0.15, -0.1) is 0 Å². The fourth-order valence-corrected chi connectivity index (χ4v) is 0. The molecule has 2 unspecified atom stereocenters. The Hall–Kier alpha value is 1.56. The summed E-state index contributed by atoms with van der Waals surface area (Å²) in [6.07, 6.45) is 0. The Morgan fingerprint density at radius 3 is 0.833 bits per heavy atom. The number of carbonyl (C=O) groups excluding carboxylic acids is 2. The van der Waals surface area contributed by atoms with Crippen LogP contribution in [0.1, 0.15) is 0 Å². The van der Waals surface area contributed by atoms with Crippen molar-refractivity contribution in [2.75, 3.05) is 0 Å². The van der Waals surface area contributed by atoms with Gasteiger partial charge in [-0.1, -0.05) is 0 Å². The molecule has 0 aromatic heterocycles. The van der Waals surface area contributed by atoms with Gasteiger partial charge in [-0.3, -0.25) is 8.42 Å². The summed E-state index contributed by atoms with van der Waals surface area (Å²) in [7, 11) is -5.90. The largest absolute Gasteiger partial charge is 1.00 e. The molecule has 0 spiro atoms. The summed E-state index contributed by atoms with van der Waals surface area (Å²) < 4.78 is 36.3. The van der Waals surface area contributed by atoms with Gasteiger partial charge in [0.25, 0.3) is 0 Å². The third kappa shape index (κ3) is 41.7. The zero-order valence-electron chi connectivity index (χ0n) is 6.68. The number of rotatable bonds is 1. The predicted molar refractivity (Wildman–Crippen MR) is 32.1 cm³/mol. The van der Waals surface area contributed by atoms with Crippen LogP contribution in [-0.4, -0.2) is 31.1 Å². The van der Waals surface area contributed by atoms with Crippen molar-refractivity contribution in [1.82, 2.24) is 0 Å². The molecule has 0 N–H and O–H groups in total. The Kier molecular flexibility index (Phi) is 71.4. The third-order valence-electron chi connectivity index (χ3n) is 0.111. The summed E-state index contributed by atoms with van der Waals surface area (Å²) in [5.74, 6) is 0. The third-order valence-corrected chi connectivity index (χ3v) is 1.00. The molecule has 0 bridgehead atoms. The molecule has 0 amide bonds.